The molecule has 0 saturated heterocycles. The van der Waals surface area contributed by atoms with Crippen LogP contribution in [0.1, 0.15) is 0 Å². The van der Waals surface area contributed by atoms with Crippen molar-refractivity contribution in [2.75, 3.05) is 0 Å². The van der Waals surface area contributed by atoms with Crippen molar-refractivity contribution in [2.45, 2.75) is 0 Å². The lowest BCUT2D eigenvalue weighted by Crippen LogP contribution is -2.53. The minimum Gasteiger partial charge on any atom is -0.551 e. The summed E-state index contributed by atoms with van der Waals surface area (Å²) in [4.78, 5) is 0. The zero-order valence-corrected chi connectivity index (χ0v) is 31.7. The number of ether oxygens (including phenoxy) is 1. The Bertz CT molecular complexity index is 3690. The van der Waals surface area contributed by atoms with Crippen LogP contribution in [0.4, 0.5) is 0 Å². The maximum atomic E-state index is 6.92. The van der Waals surface area contributed by atoms with Gasteiger partial charge in [-0.15, -0.1) is 0 Å². The van der Waals surface area contributed by atoms with Gasteiger partial charge in [-0.05, 0) is 94.5 Å². The molecule has 9 aromatic carbocycles. The van der Waals surface area contributed by atoms with Gasteiger partial charge in [0.15, 0.2) is 0 Å². The molecular formula is C54H31BN2O2. The Morgan fingerprint density at radius 3 is 1.78 bits per heavy atom. The Kier molecular flexibility index (Phi) is 6.07. The van der Waals surface area contributed by atoms with Crippen LogP contribution in [0.15, 0.2) is 188 Å². The summed E-state index contributed by atoms with van der Waals surface area (Å²) in [6, 6.07) is 68.0. The van der Waals surface area contributed by atoms with Crippen molar-refractivity contribution in [2.24, 2.45) is 0 Å². The minimum absolute atomic E-state index is 0.304. The fourth-order valence-corrected chi connectivity index (χ4v) is 10.3. The zero-order chi connectivity index (χ0) is 38.3. The first kappa shape index (κ1) is 31.3. The van der Waals surface area contributed by atoms with Gasteiger partial charge in [0, 0.05) is 54.5 Å². The second kappa shape index (κ2) is 11.4. The van der Waals surface area contributed by atoms with E-state index in [9.17, 15) is 0 Å². The van der Waals surface area contributed by atoms with E-state index >= 15 is 0 Å². The second-order valence-corrected chi connectivity index (χ2v) is 16.0. The van der Waals surface area contributed by atoms with E-state index < -0.39 is 0 Å². The highest BCUT2D eigenvalue weighted by Crippen LogP contribution is 2.44. The topological polar surface area (TPSA) is 27.8 Å². The lowest BCUT2D eigenvalue weighted by molar-refractivity contribution is 0.479. The predicted octanol–water partition coefficient (Wildman–Crippen LogP) is 12.5. The third kappa shape index (κ3) is 4.23. The van der Waals surface area contributed by atoms with Crippen molar-refractivity contribution < 1.29 is 9.39 Å². The predicted molar refractivity (Wildman–Crippen MR) is 244 cm³/mol. The van der Waals surface area contributed by atoms with E-state index in [-0.39, 0.29) is 6.92 Å². The van der Waals surface area contributed by atoms with Gasteiger partial charge >= 0.3 is 6.92 Å². The fourth-order valence-electron chi connectivity index (χ4n) is 10.3. The molecule has 5 heterocycles. The normalized spacial score (nSPS) is 13.0. The molecule has 0 spiro atoms. The molecule has 0 bridgehead atoms. The van der Waals surface area contributed by atoms with Gasteiger partial charge in [-0.1, -0.05) is 121 Å². The number of benzene rings is 9. The monoisotopic (exact) mass is 750 g/mol. The van der Waals surface area contributed by atoms with Crippen molar-refractivity contribution in [1.29, 1.82) is 0 Å². The van der Waals surface area contributed by atoms with Crippen LogP contribution in [0.2, 0.25) is 0 Å². The summed E-state index contributed by atoms with van der Waals surface area (Å²) in [5, 5.41) is 7.64. The number of hydrogen-bond acceptors (Lipinski definition) is 2. The average Bonchev–Trinajstić information content (AvgIpc) is 3.94. The van der Waals surface area contributed by atoms with Crippen molar-refractivity contribution in [3.8, 4) is 56.3 Å². The summed E-state index contributed by atoms with van der Waals surface area (Å²) in [5.74, 6) is 2.55. The molecule has 2 aliphatic rings. The van der Waals surface area contributed by atoms with Gasteiger partial charge in [-0.25, -0.2) is 0 Å². The quantitative estimate of drug-likeness (QED) is 0.168. The van der Waals surface area contributed by atoms with Gasteiger partial charge in [-0.3, -0.25) is 0 Å². The lowest BCUT2D eigenvalue weighted by atomic mass is 9.50. The molecule has 5 heteroatoms. The molecule has 0 saturated carbocycles. The molecule has 0 atom stereocenters. The Morgan fingerprint density at radius 2 is 0.983 bits per heavy atom. The number of hydrogen-bond donors (Lipinski definition) is 0. The van der Waals surface area contributed by atoms with E-state index in [1.165, 1.54) is 59.9 Å². The molecule has 0 unspecified atom stereocenters. The van der Waals surface area contributed by atoms with Crippen molar-refractivity contribution >= 4 is 77.7 Å². The van der Waals surface area contributed by atoms with E-state index in [1.807, 2.05) is 0 Å². The van der Waals surface area contributed by atoms with Crippen molar-refractivity contribution in [3.05, 3.63) is 188 Å². The number of fused-ring (bicyclic) bond motifs is 13. The van der Waals surface area contributed by atoms with Crippen LogP contribution in [0, 0.1) is 0 Å². The van der Waals surface area contributed by atoms with E-state index in [0.717, 1.165) is 67.2 Å². The average molecular weight is 751 g/mol. The first-order valence-corrected chi connectivity index (χ1v) is 20.3. The summed E-state index contributed by atoms with van der Waals surface area (Å²) in [5.41, 5.74) is 16.2. The summed E-state index contributed by atoms with van der Waals surface area (Å²) in [6.07, 6.45) is 0. The van der Waals surface area contributed by atoms with E-state index in [0.29, 0.717) is 0 Å². The van der Waals surface area contributed by atoms with Crippen LogP contribution >= 0.6 is 0 Å². The van der Waals surface area contributed by atoms with Crippen LogP contribution in [0.3, 0.4) is 0 Å². The molecule has 59 heavy (non-hydrogen) atoms. The molecule has 2 aliphatic heterocycles. The highest BCUT2D eigenvalue weighted by atomic mass is 16.5. The Labute approximate surface area is 339 Å². The van der Waals surface area contributed by atoms with Crippen LogP contribution in [-0.4, -0.2) is 15.9 Å². The SMILES string of the molecule is c1ccc2c(c1)OB1c3cc(-c4ccc(-n5c6ccccc6c6ccccc65)cc4)ccc3Oc3cc(-c4ccc5c(c4)c4cccc6c7ccccc7n5c64)cc-2c31. The summed E-state index contributed by atoms with van der Waals surface area (Å²) < 4.78 is 18.6. The number of aromatic nitrogens is 2. The van der Waals surface area contributed by atoms with E-state index in [2.05, 4.69) is 197 Å². The van der Waals surface area contributed by atoms with Crippen LogP contribution < -0.4 is 20.3 Å². The minimum atomic E-state index is -0.304. The largest absolute Gasteiger partial charge is 0.551 e. The smallest absolute Gasteiger partial charge is 0.434 e. The highest BCUT2D eigenvalue weighted by molar-refractivity contribution is 6.84. The standard InChI is InChI=1S/C54H31BN2O2/c1-5-16-46-37(10-1)38-11-2-6-17-47(38)56(46)36-24-20-32(21-25-36)34-23-27-51-45(30-34)55-53-44(40-13-4-8-19-50(40)59-55)29-35(31-52(53)58-51)33-22-26-49-43(28-33)42-15-9-14-41-39-12-3-7-18-48(39)57(49)54(41)42/h1-31H. The number of nitrogens with zero attached hydrogens (tertiary/aromatic N) is 2. The molecule has 0 aliphatic carbocycles. The summed E-state index contributed by atoms with van der Waals surface area (Å²) in [7, 11) is 0. The first-order valence-electron chi connectivity index (χ1n) is 20.3. The molecule has 272 valence electrons. The molecule has 0 radical (unpaired) electrons. The van der Waals surface area contributed by atoms with Gasteiger partial charge in [0.2, 0.25) is 0 Å². The molecule has 3 aromatic heterocycles. The highest BCUT2D eigenvalue weighted by Gasteiger charge is 2.41. The number of rotatable bonds is 3. The molecule has 0 N–H and O–H groups in total. The second-order valence-electron chi connectivity index (χ2n) is 16.0. The van der Waals surface area contributed by atoms with E-state index in [4.69, 9.17) is 9.39 Å². The molecule has 0 amide bonds. The first-order chi connectivity index (χ1) is 29.2. The maximum Gasteiger partial charge on any atom is 0.434 e. The van der Waals surface area contributed by atoms with Gasteiger partial charge in [-0.2, -0.15) is 0 Å². The van der Waals surface area contributed by atoms with E-state index in [1.54, 1.807) is 0 Å². The maximum absolute atomic E-state index is 6.92. The fraction of sp³-hybridized carbons (Fsp3) is 0. The summed E-state index contributed by atoms with van der Waals surface area (Å²) >= 11 is 0. The number of para-hydroxylation sites is 5. The summed E-state index contributed by atoms with van der Waals surface area (Å²) in [6.45, 7) is -0.304. The van der Waals surface area contributed by atoms with Crippen LogP contribution in [0.5, 0.6) is 17.2 Å². The Balaban J connectivity index is 0.880. The van der Waals surface area contributed by atoms with Crippen LogP contribution in [-0.2, 0) is 0 Å². The molecular weight excluding hydrogens is 719 g/mol. The molecule has 0 fully saturated rings. The van der Waals surface area contributed by atoms with Crippen molar-refractivity contribution in [3.63, 3.8) is 0 Å². The molecule has 4 nitrogen and oxygen atoms in total. The van der Waals surface area contributed by atoms with Crippen molar-refractivity contribution in [1.82, 2.24) is 8.97 Å². The Hall–Kier alpha value is -7.76. The third-order valence-electron chi connectivity index (χ3n) is 12.9. The Morgan fingerprint density at radius 1 is 0.373 bits per heavy atom. The van der Waals surface area contributed by atoms with Gasteiger partial charge in [0.05, 0.1) is 27.6 Å². The zero-order valence-electron chi connectivity index (χ0n) is 31.7. The lowest BCUT2D eigenvalue weighted by Gasteiger charge is -2.33. The van der Waals surface area contributed by atoms with Gasteiger partial charge in [0.1, 0.15) is 17.2 Å². The van der Waals surface area contributed by atoms with Gasteiger partial charge < -0.3 is 18.4 Å². The van der Waals surface area contributed by atoms with Crippen LogP contribution in [0.25, 0.3) is 99.0 Å². The molecule has 14 rings (SSSR count). The van der Waals surface area contributed by atoms with Gasteiger partial charge in [0.25, 0.3) is 0 Å². The molecule has 12 aromatic rings. The third-order valence-corrected chi connectivity index (χ3v) is 12.9.